The Morgan fingerprint density at radius 1 is 1.16 bits per heavy atom. The summed E-state index contributed by atoms with van der Waals surface area (Å²) in [5.74, 6) is 0.668. The van der Waals surface area contributed by atoms with E-state index in [2.05, 4.69) is 32.0 Å². The molecule has 0 spiro atoms. The predicted octanol–water partition coefficient (Wildman–Crippen LogP) is 3.85. The van der Waals surface area contributed by atoms with Gasteiger partial charge in [-0.05, 0) is 37.5 Å². The van der Waals surface area contributed by atoms with E-state index in [4.69, 9.17) is 0 Å². The van der Waals surface area contributed by atoms with Crippen molar-refractivity contribution >= 4 is 15.9 Å². The van der Waals surface area contributed by atoms with Crippen molar-refractivity contribution in [3.63, 3.8) is 0 Å². The number of nitrogens with zero attached hydrogens (tertiary/aromatic N) is 3. The Morgan fingerprint density at radius 3 is 2.47 bits per heavy atom. The Balaban J connectivity index is 2.01. The van der Waals surface area contributed by atoms with Crippen LogP contribution in [0.5, 0.6) is 0 Å². The Bertz CT molecular complexity index is 639. The van der Waals surface area contributed by atoms with Gasteiger partial charge in [-0.15, -0.1) is 0 Å². The summed E-state index contributed by atoms with van der Waals surface area (Å²) < 4.78 is 1.04. The van der Waals surface area contributed by atoms with Crippen LogP contribution in [0.4, 0.5) is 0 Å². The summed E-state index contributed by atoms with van der Waals surface area (Å²) >= 11 is 3.42. The number of nitriles is 1. The lowest BCUT2D eigenvalue weighted by Gasteiger charge is -2.33. The predicted molar refractivity (Wildman–Crippen MR) is 76.3 cm³/mol. The van der Waals surface area contributed by atoms with Gasteiger partial charge in [0.2, 0.25) is 0 Å². The van der Waals surface area contributed by atoms with Crippen molar-refractivity contribution < 1.29 is 0 Å². The van der Waals surface area contributed by atoms with Crippen LogP contribution in [0.25, 0.3) is 11.3 Å². The van der Waals surface area contributed by atoms with Crippen LogP contribution in [0, 0.1) is 11.3 Å². The zero-order chi connectivity index (χ0) is 13.3. The van der Waals surface area contributed by atoms with E-state index < -0.39 is 5.41 Å². The van der Waals surface area contributed by atoms with Crippen LogP contribution in [-0.4, -0.2) is 9.97 Å². The lowest BCUT2D eigenvalue weighted by molar-refractivity contribution is 0.307. The summed E-state index contributed by atoms with van der Waals surface area (Å²) in [4.78, 5) is 8.89. The lowest BCUT2D eigenvalue weighted by Crippen LogP contribution is -2.34. The van der Waals surface area contributed by atoms with Gasteiger partial charge in [-0.1, -0.05) is 28.1 Å². The summed E-state index contributed by atoms with van der Waals surface area (Å²) in [5.41, 5.74) is 1.46. The minimum Gasteiger partial charge on any atom is -0.240 e. The van der Waals surface area contributed by atoms with Crippen LogP contribution in [0.15, 0.2) is 41.0 Å². The van der Waals surface area contributed by atoms with Gasteiger partial charge in [0.05, 0.1) is 11.8 Å². The summed E-state index contributed by atoms with van der Waals surface area (Å²) in [7, 11) is 0. The van der Waals surface area contributed by atoms with Crippen molar-refractivity contribution in [2.45, 2.75) is 24.7 Å². The Hall–Kier alpha value is -1.73. The molecule has 0 saturated heterocycles. The molecule has 4 heteroatoms. The fourth-order valence-electron chi connectivity index (χ4n) is 2.29. The summed E-state index contributed by atoms with van der Waals surface area (Å²) in [6, 6.07) is 12.3. The maximum absolute atomic E-state index is 9.35. The molecule has 0 bridgehead atoms. The van der Waals surface area contributed by atoms with Crippen molar-refractivity contribution in [2.24, 2.45) is 0 Å². The second kappa shape index (κ2) is 4.75. The van der Waals surface area contributed by atoms with E-state index >= 15 is 0 Å². The number of hydrogen-bond acceptors (Lipinski definition) is 3. The standard InChI is InChI=1S/C15H12BrN3/c16-12-4-2-11(3-5-12)13-6-9-18-14(19-13)15(10-17)7-1-8-15/h2-6,9H,1,7-8H2. The smallest absolute Gasteiger partial charge is 0.149 e. The highest BCUT2D eigenvalue weighted by Crippen LogP contribution is 2.41. The largest absolute Gasteiger partial charge is 0.240 e. The Kier molecular flexibility index (Phi) is 3.08. The van der Waals surface area contributed by atoms with Crippen LogP contribution in [-0.2, 0) is 5.41 Å². The molecule has 94 valence electrons. The molecular formula is C15H12BrN3. The summed E-state index contributed by atoms with van der Waals surface area (Å²) in [6.45, 7) is 0. The van der Waals surface area contributed by atoms with Crippen molar-refractivity contribution in [3.05, 3.63) is 46.8 Å². The minimum atomic E-state index is -0.453. The molecule has 0 unspecified atom stereocenters. The molecule has 0 amide bonds. The summed E-state index contributed by atoms with van der Waals surface area (Å²) in [5, 5.41) is 9.35. The molecule has 1 heterocycles. The van der Waals surface area contributed by atoms with Gasteiger partial charge in [-0.25, -0.2) is 9.97 Å². The van der Waals surface area contributed by atoms with Gasteiger partial charge in [0.25, 0.3) is 0 Å². The fourth-order valence-corrected chi connectivity index (χ4v) is 2.55. The van der Waals surface area contributed by atoms with E-state index in [1.165, 1.54) is 0 Å². The topological polar surface area (TPSA) is 49.6 Å². The highest BCUT2D eigenvalue weighted by Gasteiger charge is 2.41. The van der Waals surface area contributed by atoms with E-state index in [0.717, 1.165) is 35.0 Å². The van der Waals surface area contributed by atoms with Crippen LogP contribution in [0.2, 0.25) is 0 Å². The molecule has 1 saturated carbocycles. The molecule has 0 radical (unpaired) electrons. The molecule has 1 fully saturated rings. The van der Waals surface area contributed by atoms with E-state index in [0.29, 0.717) is 5.82 Å². The van der Waals surface area contributed by atoms with Crippen molar-refractivity contribution in [2.75, 3.05) is 0 Å². The molecule has 1 aliphatic rings. The highest BCUT2D eigenvalue weighted by molar-refractivity contribution is 9.10. The maximum atomic E-state index is 9.35. The highest BCUT2D eigenvalue weighted by atomic mass is 79.9. The van der Waals surface area contributed by atoms with Gasteiger partial charge >= 0.3 is 0 Å². The molecule has 3 rings (SSSR count). The Morgan fingerprint density at radius 2 is 1.89 bits per heavy atom. The van der Waals surface area contributed by atoms with Crippen LogP contribution >= 0.6 is 15.9 Å². The number of halogens is 1. The average Bonchev–Trinajstić information content (AvgIpc) is 2.39. The molecule has 0 N–H and O–H groups in total. The van der Waals surface area contributed by atoms with Gasteiger partial charge in [-0.2, -0.15) is 5.26 Å². The number of hydrogen-bond donors (Lipinski definition) is 0. The number of benzene rings is 1. The summed E-state index contributed by atoms with van der Waals surface area (Å²) in [6.07, 6.45) is 4.57. The van der Waals surface area contributed by atoms with Gasteiger partial charge in [0.1, 0.15) is 11.2 Å². The minimum absolute atomic E-state index is 0.453. The first-order valence-electron chi connectivity index (χ1n) is 6.24. The quantitative estimate of drug-likeness (QED) is 0.846. The van der Waals surface area contributed by atoms with Crippen molar-refractivity contribution in [1.82, 2.24) is 9.97 Å². The van der Waals surface area contributed by atoms with E-state index in [-0.39, 0.29) is 0 Å². The van der Waals surface area contributed by atoms with Gasteiger partial charge in [0.15, 0.2) is 0 Å². The molecule has 0 atom stereocenters. The number of aromatic nitrogens is 2. The van der Waals surface area contributed by atoms with Gasteiger partial charge in [0, 0.05) is 16.2 Å². The van der Waals surface area contributed by atoms with Crippen molar-refractivity contribution in [3.8, 4) is 17.3 Å². The number of rotatable bonds is 2. The first-order chi connectivity index (χ1) is 9.23. The van der Waals surface area contributed by atoms with E-state index in [1.807, 2.05) is 30.3 Å². The molecular weight excluding hydrogens is 302 g/mol. The third-order valence-electron chi connectivity index (χ3n) is 3.64. The molecule has 2 aromatic rings. The van der Waals surface area contributed by atoms with Crippen LogP contribution in [0.1, 0.15) is 25.1 Å². The van der Waals surface area contributed by atoms with Gasteiger partial charge < -0.3 is 0 Å². The zero-order valence-corrected chi connectivity index (χ0v) is 11.9. The van der Waals surface area contributed by atoms with Crippen molar-refractivity contribution in [1.29, 1.82) is 5.26 Å². The van der Waals surface area contributed by atoms with E-state index in [9.17, 15) is 5.26 Å². The lowest BCUT2D eigenvalue weighted by atomic mass is 9.69. The SMILES string of the molecule is N#CC1(c2nccc(-c3ccc(Br)cc3)n2)CCC1. The molecule has 0 aliphatic heterocycles. The monoisotopic (exact) mass is 313 g/mol. The average molecular weight is 314 g/mol. The zero-order valence-electron chi connectivity index (χ0n) is 10.3. The maximum Gasteiger partial charge on any atom is 0.149 e. The third-order valence-corrected chi connectivity index (χ3v) is 4.17. The van der Waals surface area contributed by atoms with Crippen LogP contribution < -0.4 is 0 Å². The molecule has 1 aromatic heterocycles. The normalized spacial score (nSPS) is 16.4. The van der Waals surface area contributed by atoms with Crippen LogP contribution in [0.3, 0.4) is 0 Å². The molecule has 1 aliphatic carbocycles. The first kappa shape index (κ1) is 12.3. The Labute approximate surface area is 120 Å². The second-order valence-corrected chi connectivity index (χ2v) is 5.74. The molecule has 1 aromatic carbocycles. The fraction of sp³-hybridized carbons (Fsp3) is 0.267. The third kappa shape index (κ3) is 2.15. The molecule has 19 heavy (non-hydrogen) atoms. The van der Waals surface area contributed by atoms with E-state index in [1.54, 1.807) is 6.20 Å². The van der Waals surface area contributed by atoms with Gasteiger partial charge in [-0.3, -0.25) is 0 Å². The molecule has 3 nitrogen and oxygen atoms in total. The second-order valence-electron chi connectivity index (χ2n) is 4.82. The first-order valence-corrected chi connectivity index (χ1v) is 7.04.